The van der Waals surface area contributed by atoms with Gasteiger partial charge < -0.3 is 20.6 Å². The molecular weight excluding hydrogens is 210 g/mol. The van der Waals surface area contributed by atoms with Gasteiger partial charge in [-0.1, -0.05) is 12.1 Å². The van der Waals surface area contributed by atoms with E-state index in [1.165, 1.54) is 0 Å². The van der Waals surface area contributed by atoms with Gasteiger partial charge in [-0.25, -0.2) is 0 Å². The van der Waals surface area contributed by atoms with E-state index in [0.717, 1.165) is 0 Å². The lowest BCUT2D eigenvalue weighted by molar-refractivity contribution is -0.141. The van der Waals surface area contributed by atoms with Crippen LogP contribution in [0.3, 0.4) is 0 Å². The molecule has 2 atom stereocenters. The number of amides is 1. The second kappa shape index (κ2) is 5.69. The van der Waals surface area contributed by atoms with Crippen molar-refractivity contribution in [3.05, 3.63) is 0 Å². The molecular formula is C10H19N3O3. The first-order valence-corrected chi connectivity index (χ1v) is 5.47. The molecule has 1 fully saturated rings. The van der Waals surface area contributed by atoms with E-state index in [1.54, 1.807) is 4.90 Å². The van der Waals surface area contributed by atoms with Gasteiger partial charge in [-0.3, -0.25) is 4.79 Å². The molecule has 1 heterocycles. The van der Waals surface area contributed by atoms with Crippen LogP contribution < -0.4 is 5.73 Å². The average molecular weight is 229 g/mol. The minimum absolute atomic E-state index is 0.0220. The van der Waals surface area contributed by atoms with Crippen LogP contribution in [0.2, 0.25) is 0 Å². The lowest BCUT2D eigenvalue weighted by Crippen LogP contribution is -2.51. The van der Waals surface area contributed by atoms with E-state index >= 15 is 0 Å². The van der Waals surface area contributed by atoms with Crippen molar-refractivity contribution in [3.8, 4) is 0 Å². The summed E-state index contributed by atoms with van der Waals surface area (Å²) >= 11 is 0. The zero-order valence-corrected chi connectivity index (χ0v) is 9.72. The van der Waals surface area contributed by atoms with Crippen molar-refractivity contribution in [2.75, 3.05) is 19.8 Å². The highest BCUT2D eigenvalue weighted by Gasteiger charge is 2.31. The zero-order chi connectivity index (χ0) is 12.1. The second-order valence-electron chi connectivity index (χ2n) is 3.94. The van der Waals surface area contributed by atoms with E-state index in [0.29, 0.717) is 26.2 Å². The third-order valence-electron chi connectivity index (χ3n) is 2.83. The Morgan fingerprint density at radius 1 is 1.75 bits per heavy atom. The van der Waals surface area contributed by atoms with Gasteiger partial charge in [0.05, 0.1) is 25.2 Å². The maximum Gasteiger partial charge on any atom is 0.233 e. The first-order valence-electron chi connectivity index (χ1n) is 5.47. The summed E-state index contributed by atoms with van der Waals surface area (Å²) in [5.41, 5.74) is 5.50. The molecule has 1 rings (SSSR count). The highest BCUT2D eigenvalue weighted by molar-refractivity contribution is 6.02. The monoisotopic (exact) mass is 229 g/mol. The zero-order valence-electron chi connectivity index (χ0n) is 9.72. The maximum absolute atomic E-state index is 12.1. The lowest BCUT2D eigenvalue weighted by atomic mass is 10.0. The molecule has 0 radical (unpaired) electrons. The molecule has 1 saturated heterocycles. The van der Waals surface area contributed by atoms with Gasteiger partial charge in [-0.05, 0) is 13.3 Å². The number of amidine groups is 1. The SMILES string of the molecule is CCC(C(=O)N1CCOCC1C)C(N)=NO. The van der Waals surface area contributed by atoms with E-state index in [-0.39, 0.29) is 17.8 Å². The minimum atomic E-state index is -0.537. The number of nitrogens with two attached hydrogens (primary N) is 1. The van der Waals surface area contributed by atoms with Gasteiger partial charge in [-0.15, -0.1) is 0 Å². The van der Waals surface area contributed by atoms with Crippen molar-refractivity contribution < 1.29 is 14.7 Å². The van der Waals surface area contributed by atoms with Crippen LogP contribution in [0.1, 0.15) is 20.3 Å². The van der Waals surface area contributed by atoms with Crippen molar-refractivity contribution in [1.29, 1.82) is 0 Å². The Labute approximate surface area is 95.0 Å². The van der Waals surface area contributed by atoms with Crippen molar-refractivity contribution >= 4 is 11.7 Å². The van der Waals surface area contributed by atoms with Gasteiger partial charge in [0, 0.05) is 6.54 Å². The van der Waals surface area contributed by atoms with Gasteiger partial charge in [0.1, 0.15) is 0 Å². The van der Waals surface area contributed by atoms with Crippen LogP contribution in [0.15, 0.2) is 5.16 Å². The largest absolute Gasteiger partial charge is 0.409 e. The van der Waals surface area contributed by atoms with Gasteiger partial charge in [-0.2, -0.15) is 0 Å². The normalized spacial score (nSPS) is 24.2. The van der Waals surface area contributed by atoms with Gasteiger partial charge in [0.15, 0.2) is 5.84 Å². The van der Waals surface area contributed by atoms with Crippen molar-refractivity contribution in [2.45, 2.75) is 26.3 Å². The van der Waals surface area contributed by atoms with E-state index < -0.39 is 5.92 Å². The van der Waals surface area contributed by atoms with Crippen LogP contribution in [0.5, 0.6) is 0 Å². The lowest BCUT2D eigenvalue weighted by Gasteiger charge is -2.35. The van der Waals surface area contributed by atoms with Gasteiger partial charge >= 0.3 is 0 Å². The molecule has 1 aliphatic heterocycles. The van der Waals surface area contributed by atoms with E-state index in [9.17, 15) is 4.79 Å². The summed E-state index contributed by atoms with van der Waals surface area (Å²) in [5.74, 6) is -0.648. The molecule has 0 saturated carbocycles. The summed E-state index contributed by atoms with van der Waals surface area (Å²) in [5, 5.41) is 11.5. The highest BCUT2D eigenvalue weighted by Crippen LogP contribution is 2.14. The summed E-state index contributed by atoms with van der Waals surface area (Å²) in [6.45, 7) is 5.41. The van der Waals surface area contributed by atoms with Crippen LogP contribution in [-0.2, 0) is 9.53 Å². The molecule has 0 aromatic carbocycles. The molecule has 6 nitrogen and oxygen atoms in total. The molecule has 16 heavy (non-hydrogen) atoms. The van der Waals surface area contributed by atoms with Crippen molar-refractivity contribution in [1.82, 2.24) is 4.90 Å². The Balaban J connectivity index is 2.74. The summed E-state index contributed by atoms with van der Waals surface area (Å²) in [4.78, 5) is 13.9. The molecule has 0 aromatic rings. The van der Waals surface area contributed by atoms with Crippen molar-refractivity contribution in [2.24, 2.45) is 16.8 Å². The summed E-state index contributed by atoms with van der Waals surface area (Å²) in [7, 11) is 0. The Bertz CT molecular complexity index is 280. The number of nitrogens with zero attached hydrogens (tertiary/aromatic N) is 2. The van der Waals surface area contributed by atoms with Crippen LogP contribution in [0.4, 0.5) is 0 Å². The van der Waals surface area contributed by atoms with Crippen LogP contribution in [0, 0.1) is 5.92 Å². The van der Waals surface area contributed by atoms with Gasteiger partial charge in [0.2, 0.25) is 5.91 Å². The first kappa shape index (κ1) is 12.8. The fourth-order valence-electron chi connectivity index (χ4n) is 1.83. The van der Waals surface area contributed by atoms with Gasteiger partial charge in [0.25, 0.3) is 0 Å². The maximum atomic E-state index is 12.1. The predicted molar refractivity (Wildman–Crippen MR) is 59.2 cm³/mol. The molecule has 2 unspecified atom stereocenters. The van der Waals surface area contributed by atoms with Crippen LogP contribution in [0.25, 0.3) is 0 Å². The minimum Gasteiger partial charge on any atom is -0.409 e. The number of carbonyl (C=O) groups is 1. The second-order valence-corrected chi connectivity index (χ2v) is 3.94. The number of oxime groups is 1. The van der Waals surface area contributed by atoms with E-state index in [2.05, 4.69) is 5.16 Å². The topological polar surface area (TPSA) is 88.2 Å². The third-order valence-corrected chi connectivity index (χ3v) is 2.83. The molecule has 1 aliphatic rings. The number of morpholine rings is 1. The number of ether oxygens (including phenoxy) is 1. The number of hydrogen-bond donors (Lipinski definition) is 2. The Hall–Kier alpha value is -1.30. The number of hydrogen-bond acceptors (Lipinski definition) is 4. The highest BCUT2D eigenvalue weighted by atomic mass is 16.5. The van der Waals surface area contributed by atoms with Crippen LogP contribution >= 0.6 is 0 Å². The molecule has 0 spiro atoms. The quantitative estimate of drug-likeness (QED) is 0.309. The summed E-state index contributed by atoms with van der Waals surface area (Å²) < 4.78 is 5.26. The molecule has 3 N–H and O–H groups in total. The Morgan fingerprint density at radius 3 is 2.94 bits per heavy atom. The summed E-state index contributed by atoms with van der Waals surface area (Å²) in [6, 6.07) is 0.0433. The number of rotatable bonds is 3. The fourth-order valence-corrected chi connectivity index (χ4v) is 1.83. The average Bonchev–Trinajstić information content (AvgIpc) is 2.30. The summed E-state index contributed by atoms with van der Waals surface area (Å²) in [6.07, 6.45) is 0.527. The molecule has 6 heteroatoms. The fraction of sp³-hybridized carbons (Fsp3) is 0.800. The van der Waals surface area contributed by atoms with E-state index in [1.807, 2.05) is 13.8 Å². The van der Waals surface area contributed by atoms with Crippen LogP contribution in [-0.4, -0.2) is 47.7 Å². The van der Waals surface area contributed by atoms with E-state index in [4.69, 9.17) is 15.7 Å². The number of carbonyl (C=O) groups excluding carboxylic acids is 1. The smallest absolute Gasteiger partial charge is 0.233 e. The van der Waals surface area contributed by atoms with Crippen molar-refractivity contribution in [3.63, 3.8) is 0 Å². The molecule has 1 amide bonds. The first-order chi connectivity index (χ1) is 7.61. The molecule has 0 aliphatic carbocycles. The molecule has 0 aromatic heterocycles. The third kappa shape index (κ3) is 2.63. The molecule has 92 valence electrons. The Kier molecular flexibility index (Phi) is 4.54. The Morgan fingerprint density at radius 2 is 2.44 bits per heavy atom. The predicted octanol–water partition coefficient (Wildman–Crippen LogP) is 0.00630. The molecule has 0 bridgehead atoms. The standard InChI is InChI=1S/C10H19N3O3/c1-3-8(9(11)12-15)10(14)13-4-5-16-6-7(13)2/h7-8,15H,3-6H2,1-2H3,(H2,11,12).